The maximum absolute atomic E-state index is 12.7. The molecule has 0 aromatic heterocycles. The van der Waals surface area contributed by atoms with E-state index in [-0.39, 0.29) is 25.6 Å². The summed E-state index contributed by atoms with van der Waals surface area (Å²) in [6.07, 6.45) is 46.0. The highest BCUT2D eigenvalue weighted by Crippen LogP contribution is 2.43. The van der Waals surface area contributed by atoms with Crippen molar-refractivity contribution < 1.29 is 43.0 Å². The zero-order valence-electron chi connectivity index (χ0n) is 37.3. The van der Waals surface area contributed by atoms with Gasteiger partial charge in [0.25, 0.3) is 0 Å². The minimum atomic E-state index is -4.52. The molecule has 0 aromatic carbocycles. The minimum Gasteiger partial charge on any atom is -0.457 e. The number of unbranched alkanes of at least 4 members (excludes halogenated alkanes) is 31. The molecule has 340 valence electrons. The number of ether oxygens (including phenoxy) is 2. The molecule has 0 heterocycles. The van der Waals surface area contributed by atoms with Crippen molar-refractivity contribution in [3.8, 4) is 0 Å². The van der Waals surface area contributed by atoms with E-state index in [1.165, 1.54) is 173 Å². The van der Waals surface area contributed by atoms with Gasteiger partial charge >= 0.3 is 13.8 Å². The predicted octanol–water partition coefficient (Wildman–Crippen LogP) is 13.7. The van der Waals surface area contributed by atoms with Crippen molar-refractivity contribution in [2.75, 3.05) is 33.0 Å². The van der Waals surface area contributed by atoms with Crippen LogP contribution in [0.4, 0.5) is 0 Å². The third kappa shape index (κ3) is 44.6. The Morgan fingerprint density at radius 2 is 0.895 bits per heavy atom. The number of allylic oxidation sites excluding steroid dienone is 2. The molecular weight excluding hydrogens is 739 g/mol. The molecule has 0 radical (unpaired) electrons. The number of aliphatic hydroxyl groups is 2. The molecule has 0 saturated heterocycles. The number of carbonyl (C=O) groups is 1. The molecule has 0 fully saturated rings. The van der Waals surface area contributed by atoms with Crippen LogP contribution in [0.25, 0.3) is 0 Å². The average Bonchev–Trinajstić information content (AvgIpc) is 3.20. The molecular formula is C47H93O9P. The van der Waals surface area contributed by atoms with Crippen LogP contribution in [0.15, 0.2) is 12.2 Å². The quantitative estimate of drug-likeness (QED) is 0.0237. The zero-order chi connectivity index (χ0) is 41.8. The first-order chi connectivity index (χ1) is 27.8. The lowest BCUT2D eigenvalue weighted by Gasteiger charge is -2.20. The van der Waals surface area contributed by atoms with Crippen molar-refractivity contribution in [2.45, 2.75) is 251 Å². The second kappa shape index (κ2) is 44.7. The van der Waals surface area contributed by atoms with Gasteiger partial charge in [0.1, 0.15) is 12.2 Å². The Balaban J connectivity index is 4.08. The normalized spacial score (nSPS) is 14.0. The predicted molar refractivity (Wildman–Crippen MR) is 238 cm³/mol. The van der Waals surface area contributed by atoms with Crippen molar-refractivity contribution in [3.05, 3.63) is 12.2 Å². The third-order valence-corrected chi connectivity index (χ3v) is 11.7. The van der Waals surface area contributed by atoms with Crippen LogP contribution in [0.3, 0.4) is 0 Å². The lowest BCUT2D eigenvalue weighted by atomic mass is 10.0. The Bertz CT molecular complexity index is 902. The number of phosphoric ester groups is 1. The Labute approximate surface area is 351 Å². The highest BCUT2D eigenvalue weighted by atomic mass is 31.2. The van der Waals surface area contributed by atoms with Gasteiger partial charge in [-0.25, -0.2) is 4.57 Å². The number of carbonyl (C=O) groups excluding carboxylic acids is 1. The van der Waals surface area contributed by atoms with Gasteiger partial charge in [-0.1, -0.05) is 206 Å². The Hall–Kier alpha value is -0.800. The summed E-state index contributed by atoms with van der Waals surface area (Å²) in [4.78, 5) is 22.6. The third-order valence-electron chi connectivity index (χ3n) is 10.7. The molecule has 0 aliphatic rings. The van der Waals surface area contributed by atoms with Crippen LogP contribution in [0.2, 0.25) is 0 Å². The number of hydrogen-bond donors (Lipinski definition) is 3. The van der Waals surface area contributed by atoms with Gasteiger partial charge in [0.05, 0.1) is 26.4 Å². The SMILES string of the molecule is CCCCCCCCC/C=C\CCCCCCCCOCC(COP(=O)(O)OCC(O)CO)OC(=O)CCCCCCCCCCCCCCCCCCCCC. The number of rotatable bonds is 47. The van der Waals surface area contributed by atoms with Gasteiger partial charge in [0, 0.05) is 13.0 Å². The standard InChI is InChI=1S/C47H93O9P/c1-3-5-7-9-11-13-15-17-19-21-22-23-25-27-29-31-33-35-37-39-47(50)56-46(44-55-57(51,52)54-42-45(49)41-48)43-53-40-38-36-34-32-30-28-26-24-20-18-16-14-12-10-8-6-4-2/h20,24,45-46,48-49H,3-19,21-23,25-44H2,1-2H3,(H,51,52)/b24-20-. The smallest absolute Gasteiger partial charge is 0.457 e. The molecule has 0 aromatic rings. The lowest BCUT2D eigenvalue weighted by molar-refractivity contribution is -0.154. The van der Waals surface area contributed by atoms with Gasteiger partial charge in [-0.05, 0) is 38.5 Å². The zero-order valence-corrected chi connectivity index (χ0v) is 38.2. The summed E-state index contributed by atoms with van der Waals surface area (Å²) in [5.74, 6) is -0.379. The summed E-state index contributed by atoms with van der Waals surface area (Å²) < 4.78 is 33.5. The fourth-order valence-corrected chi connectivity index (χ4v) is 7.79. The van der Waals surface area contributed by atoms with Crippen LogP contribution in [0, 0.1) is 0 Å². The molecule has 57 heavy (non-hydrogen) atoms. The fourth-order valence-electron chi connectivity index (χ4n) is 7.00. The molecule has 0 rings (SSSR count). The van der Waals surface area contributed by atoms with Crippen molar-refractivity contribution >= 4 is 13.8 Å². The van der Waals surface area contributed by atoms with E-state index in [1.54, 1.807) is 0 Å². The van der Waals surface area contributed by atoms with Gasteiger partial charge in [-0.15, -0.1) is 0 Å². The molecule has 0 aliphatic carbocycles. The molecule has 0 saturated carbocycles. The van der Waals surface area contributed by atoms with E-state index in [4.69, 9.17) is 23.6 Å². The van der Waals surface area contributed by atoms with E-state index in [9.17, 15) is 19.4 Å². The Kier molecular flexibility index (Phi) is 44.1. The summed E-state index contributed by atoms with van der Waals surface area (Å²) in [6.45, 7) is 3.56. The average molecular weight is 833 g/mol. The number of esters is 1. The molecule has 0 bridgehead atoms. The second-order valence-electron chi connectivity index (χ2n) is 16.5. The molecule has 0 spiro atoms. The van der Waals surface area contributed by atoms with Crippen molar-refractivity contribution in [1.82, 2.24) is 0 Å². The van der Waals surface area contributed by atoms with Gasteiger partial charge < -0.3 is 24.6 Å². The summed E-state index contributed by atoms with van der Waals surface area (Å²) in [6, 6.07) is 0. The van der Waals surface area contributed by atoms with Crippen LogP contribution < -0.4 is 0 Å². The molecule has 3 atom stereocenters. The molecule has 0 amide bonds. The molecule has 10 heteroatoms. The van der Waals surface area contributed by atoms with E-state index < -0.39 is 33.2 Å². The first-order valence-corrected chi connectivity index (χ1v) is 25.7. The number of hydrogen-bond acceptors (Lipinski definition) is 8. The van der Waals surface area contributed by atoms with Gasteiger partial charge in [-0.2, -0.15) is 0 Å². The van der Waals surface area contributed by atoms with E-state index in [1.807, 2.05) is 0 Å². The van der Waals surface area contributed by atoms with Crippen LogP contribution in [0.5, 0.6) is 0 Å². The number of phosphoric acid groups is 1. The second-order valence-corrected chi connectivity index (χ2v) is 17.9. The summed E-state index contributed by atoms with van der Waals surface area (Å²) in [5, 5.41) is 18.4. The van der Waals surface area contributed by atoms with Crippen molar-refractivity contribution in [1.29, 1.82) is 0 Å². The maximum atomic E-state index is 12.7. The number of aliphatic hydroxyl groups excluding tert-OH is 2. The fraction of sp³-hybridized carbons (Fsp3) is 0.936. The largest absolute Gasteiger partial charge is 0.472 e. The molecule has 0 aliphatic heterocycles. The van der Waals surface area contributed by atoms with Crippen LogP contribution in [-0.2, 0) is 27.9 Å². The molecule has 3 unspecified atom stereocenters. The van der Waals surface area contributed by atoms with Crippen molar-refractivity contribution in [2.24, 2.45) is 0 Å². The molecule has 9 nitrogen and oxygen atoms in total. The van der Waals surface area contributed by atoms with Crippen LogP contribution in [0.1, 0.15) is 239 Å². The van der Waals surface area contributed by atoms with Crippen LogP contribution >= 0.6 is 7.82 Å². The Morgan fingerprint density at radius 1 is 0.526 bits per heavy atom. The maximum Gasteiger partial charge on any atom is 0.472 e. The Morgan fingerprint density at radius 3 is 1.32 bits per heavy atom. The highest BCUT2D eigenvalue weighted by molar-refractivity contribution is 7.47. The van der Waals surface area contributed by atoms with E-state index in [0.29, 0.717) is 6.61 Å². The summed E-state index contributed by atoms with van der Waals surface area (Å²) in [5.41, 5.74) is 0. The van der Waals surface area contributed by atoms with Crippen LogP contribution in [-0.4, -0.2) is 66.3 Å². The van der Waals surface area contributed by atoms with Crippen molar-refractivity contribution in [3.63, 3.8) is 0 Å². The minimum absolute atomic E-state index is 0.0510. The topological polar surface area (TPSA) is 132 Å². The highest BCUT2D eigenvalue weighted by Gasteiger charge is 2.26. The van der Waals surface area contributed by atoms with E-state index in [0.717, 1.165) is 44.9 Å². The first-order valence-electron chi connectivity index (χ1n) is 24.2. The summed E-state index contributed by atoms with van der Waals surface area (Å²) >= 11 is 0. The monoisotopic (exact) mass is 833 g/mol. The first kappa shape index (κ1) is 56.2. The summed E-state index contributed by atoms with van der Waals surface area (Å²) in [7, 11) is -4.52. The lowest BCUT2D eigenvalue weighted by Crippen LogP contribution is -2.29. The van der Waals surface area contributed by atoms with E-state index in [2.05, 4.69) is 26.0 Å². The van der Waals surface area contributed by atoms with Gasteiger partial charge in [0.15, 0.2) is 0 Å². The van der Waals surface area contributed by atoms with Gasteiger partial charge in [0.2, 0.25) is 0 Å². The van der Waals surface area contributed by atoms with E-state index >= 15 is 0 Å². The molecule has 3 N–H and O–H groups in total. The van der Waals surface area contributed by atoms with Gasteiger partial charge in [-0.3, -0.25) is 13.8 Å².